The van der Waals surface area contributed by atoms with Crippen molar-refractivity contribution in [3.05, 3.63) is 21.6 Å². The highest BCUT2D eigenvalue weighted by molar-refractivity contribution is 7.98. The van der Waals surface area contributed by atoms with Gasteiger partial charge in [0.1, 0.15) is 5.69 Å². The number of nitrogens with zero attached hydrogens (tertiary/aromatic N) is 2. The first-order valence-corrected chi connectivity index (χ1v) is 8.87. The molecule has 0 radical (unpaired) electrons. The lowest BCUT2D eigenvalue weighted by Gasteiger charge is -2.25. The lowest BCUT2D eigenvalue weighted by atomic mass is 9.85. The van der Waals surface area contributed by atoms with Crippen LogP contribution in [0.25, 0.3) is 0 Å². The Morgan fingerprint density at radius 3 is 2.95 bits per heavy atom. The highest BCUT2D eigenvalue weighted by Crippen LogP contribution is 2.27. The molecular formula is C14H22ClN3OS. The van der Waals surface area contributed by atoms with E-state index in [0.717, 1.165) is 12.3 Å². The Morgan fingerprint density at radius 1 is 1.60 bits per heavy atom. The van der Waals surface area contributed by atoms with Gasteiger partial charge in [-0.3, -0.25) is 4.79 Å². The lowest BCUT2D eigenvalue weighted by molar-refractivity contribution is 0.262. The van der Waals surface area contributed by atoms with Gasteiger partial charge < -0.3 is 5.32 Å². The van der Waals surface area contributed by atoms with Crippen molar-refractivity contribution in [3.8, 4) is 0 Å². The smallest absolute Gasteiger partial charge is 0.291 e. The van der Waals surface area contributed by atoms with E-state index in [9.17, 15) is 4.79 Å². The molecule has 0 spiro atoms. The molecule has 1 unspecified atom stereocenters. The Bertz CT molecular complexity index is 502. The van der Waals surface area contributed by atoms with E-state index >= 15 is 0 Å². The summed E-state index contributed by atoms with van der Waals surface area (Å²) in [5.74, 6) is 2.16. The van der Waals surface area contributed by atoms with Gasteiger partial charge in [0.15, 0.2) is 0 Å². The molecule has 20 heavy (non-hydrogen) atoms. The van der Waals surface area contributed by atoms with Crippen LogP contribution in [0.15, 0.2) is 11.0 Å². The number of halogens is 1. The van der Waals surface area contributed by atoms with Crippen molar-refractivity contribution < 1.29 is 0 Å². The summed E-state index contributed by atoms with van der Waals surface area (Å²) < 4.78 is 1.55. The molecule has 1 heterocycles. The van der Waals surface area contributed by atoms with Gasteiger partial charge >= 0.3 is 0 Å². The second kappa shape index (κ2) is 7.36. The second-order valence-corrected chi connectivity index (χ2v) is 6.91. The minimum atomic E-state index is -0.0965. The van der Waals surface area contributed by atoms with Crippen molar-refractivity contribution in [2.75, 3.05) is 23.9 Å². The summed E-state index contributed by atoms with van der Waals surface area (Å²) >= 11 is 7.91. The molecule has 0 amide bonds. The van der Waals surface area contributed by atoms with Crippen molar-refractivity contribution in [2.24, 2.45) is 11.8 Å². The topological polar surface area (TPSA) is 46.9 Å². The molecule has 2 rings (SSSR count). The molecule has 1 saturated carbocycles. The van der Waals surface area contributed by atoms with E-state index in [2.05, 4.69) is 23.6 Å². The predicted octanol–water partition coefficient (Wildman–Crippen LogP) is 3.11. The molecule has 1 aliphatic rings. The van der Waals surface area contributed by atoms with E-state index in [4.69, 9.17) is 11.6 Å². The maximum absolute atomic E-state index is 12.4. The third kappa shape index (κ3) is 3.92. The highest BCUT2D eigenvalue weighted by atomic mass is 35.5. The predicted molar refractivity (Wildman–Crippen MR) is 86.9 cm³/mol. The lowest BCUT2D eigenvalue weighted by Crippen LogP contribution is -2.31. The van der Waals surface area contributed by atoms with Gasteiger partial charge in [-0.1, -0.05) is 24.9 Å². The Labute approximate surface area is 129 Å². The van der Waals surface area contributed by atoms with Crippen LogP contribution in [0.5, 0.6) is 0 Å². The molecule has 1 fully saturated rings. The van der Waals surface area contributed by atoms with Gasteiger partial charge in [-0.2, -0.15) is 16.9 Å². The average molecular weight is 316 g/mol. The summed E-state index contributed by atoms with van der Waals surface area (Å²) in [4.78, 5) is 12.4. The van der Waals surface area contributed by atoms with Gasteiger partial charge in [-0.25, -0.2) is 4.68 Å². The summed E-state index contributed by atoms with van der Waals surface area (Å²) in [6.45, 7) is 3.62. The number of anilines is 1. The summed E-state index contributed by atoms with van der Waals surface area (Å²) in [5, 5.41) is 7.76. The maximum Gasteiger partial charge on any atom is 0.291 e. The fourth-order valence-corrected chi connectivity index (χ4v) is 3.18. The van der Waals surface area contributed by atoms with Crippen LogP contribution < -0.4 is 10.9 Å². The number of nitrogens with one attached hydrogen (secondary N) is 1. The standard InChI is InChI=1S/C14H22ClN3OS/c1-10(9-20-2)6-16-13-12(15)7-17-18(14(13)19)8-11-4-3-5-11/h7,10-11,16H,3-6,8-9H2,1-2H3. The van der Waals surface area contributed by atoms with E-state index in [-0.39, 0.29) is 5.56 Å². The van der Waals surface area contributed by atoms with Crippen LogP contribution in [-0.2, 0) is 6.54 Å². The number of rotatable bonds is 7. The third-order valence-electron chi connectivity index (χ3n) is 3.73. The number of hydrogen-bond donors (Lipinski definition) is 1. The molecule has 4 nitrogen and oxygen atoms in total. The molecule has 6 heteroatoms. The SMILES string of the molecule is CSCC(C)CNc1c(Cl)cnn(CC2CCC2)c1=O. The molecule has 1 atom stereocenters. The van der Waals surface area contributed by atoms with Crippen LogP contribution in [-0.4, -0.2) is 28.3 Å². The fraction of sp³-hybridized carbons (Fsp3) is 0.714. The molecule has 0 saturated heterocycles. The molecule has 1 aromatic rings. The van der Waals surface area contributed by atoms with Gasteiger partial charge in [0.25, 0.3) is 5.56 Å². The Hall–Kier alpha value is -0.680. The van der Waals surface area contributed by atoms with Gasteiger partial charge in [-0.05, 0) is 36.7 Å². The third-order valence-corrected chi connectivity index (χ3v) is 4.92. The van der Waals surface area contributed by atoms with Crippen LogP contribution in [0, 0.1) is 11.8 Å². The molecule has 0 aliphatic heterocycles. The van der Waals surface area contributed by atoms with Crippen LogP contribution in [0.1, 0.15) is 26.2 Å². The second-order valence-electron chi connectivity index (χ2n) is 5.59. The van der Waals surface area contributed by atoms with Gasteiger partial charge in [0.2, 0.25) is 0 Å². The summed E-state index contributed by atoms with van der Waals surface area (Å²) in [6.07, 6.45) is 7.32. The zero-order valence-corrected chi connectivity index (χ0v) is 13.6. The average Bonchev–Trinajstić information content (AvgIpc) is 2.36. The van der Waals surface area contributed by atoms with E-state index in [1.54, 1.807) is 22.6 Å². The van der Waals surface area contributed by atoms with Gasteiger partial charge in [0, 0.05) is 13.1 Å². The van der Waals surface area contributed by atoms with Crippen LogP contribution >= 0.6 is 23.4 Å². The number of aromatic nitrogens is 2. The minimum absolute atomic E-state index is 0.0965. The molecule has 1 N–H and O–H groups in total. The zero-order valence-electron chi connectivity index (χ0n) is 12.1. The molecule has 0 bridgehead atoms. The van der Waals surface area contributed by atoms with Crippen molar-refractivity contribution in [2.45, 2.75) is 32.7 Å². The molecule has 1 aliphatic carbocycles. The zero-order chi connectivity index (χ0) is 14.5. The summed E-state index contributed by atoms with van der Waals surface area (Å²) in [7, 11) is 0. The van der Waals surface area contributed by atoms with Crippen LogP contribution in [0.2, 0.25) is 5.02 Å². The van der Waals surface area contributed by atoms with Crippen molar-refractivity contribution >= 4 is 29.1 Å². The van der Waals surface area contributed by atoms with E-state index in [1.807, 2.05) is 0 Å². The minimum Gasteiger partial charge on any atom is -0.379 e. The summed E-state index contributed by atoms with van der Waals surface area (Å²) in [5.41, 5.74) is 0.398. The molecule has 112 valence electrons. The van der Waals surface area contributed by atoms with Crippen molar-refractivity contribution in [3.63, 3.8) is 0 Å². The first-order valence-electron chi connectivity index (χ1n) is 7.10. The van der Waals surface area contributed by atoms with Crippen LogP contribution in [0.4, 0.5) is 5.69 Å². The first-order chi connectivity index (χ1) is 9.61. The van der Waals surface area contributed by atoms with Gasteiger partial charge in [-0.15, -0.1) is 0 Å². The van der Waals surface area contributed by atoms with E-state index < -0.39 is 0 Å². The van der Waals surface area contributed by atoms with Gasteiger partial charge in [0.05, 0.1) is 11.2 Å². The van der Waals surface area contributed by atoms with Crippen LogP contribution in [0.3, 0.4) is 0 Å². The first kappa shape index (κ1) is 15.7. The number of hydrogen-bond acceptors (Lipinski definition) is 4. The molecule has 1 aromatic heterocycles. The van der Waals surface area contributed by atoms with Crippen molar-refractivity contribution in [1.82, 2.24) is 9.78 Å². The van der Waals surface area contributed by atoms with Crippen molar-refractivity contribution in [1.29, 1.82) is 0 Å². The number of thioether (sulfide) groups is 1. The quantitative estimate of drug-likeness (QED) is 0.840. The molecular weight excluding hydrogens is 294 g/mol. The fourth-order valence-electron chi connectivity index (χ4n) is 2.30. The largest absolute Gasteiger partial charge is 0.379 e. The summed E-state index contributed by atoms with van der Waals surface area (Å²) in [6, 6.07) is 0. The maximum atomic E-state index is 12.4. The normalized spacial score (nSPS) is 16.8. The Kier molecular flexibility index (Phi) is 5.78. The highest BCUT2D eigenvalue weighted by Gasteiger charge is 2.20. The monoisotopic (exact) mass is 315 g/mol. The Balaban J connectivity index is 2.06. The van der Waals surface area contributed by atoms with E-state index in [1.165, 1.54) is 19.3 Å². The molecule has 0 aromatic carbocycles. The Morgan fingerprint density at radius 2 is 2.35 bits per heavy atom. The van der Waals surface area contributed by atoms with E-state index in [0.29, 0.717) is 29.1 Å².